The smallest absolute Gasteiger partial charge is 0.211 e. The van der Waals surface area contributed by atoms with Gasteiger partial charge in [-0.15, -0.1) is 11.3 Å². The number of piperidine rings is 1. The molecule has 0 saturated carbocycles. The molecule has 20 heavy (non-hydrogen) atoms. The topological polar surface area (TPSA) is 62.3 Å². The van der Waals surface area contributed by atoms with Gasteiger partial charge in [0.15, 0.2) is 0 Å². The molecule has 2 unspecified atom stereocenters. The molecule has 2 rings (SSSR count). The fourth-order valence-electron chi connectivity index (χ4n) is 2.50. The Hall–Kier alpha value is -0.500. The minimum absolute atomic E-state index is 0.224. The van der Waals surface area contributed by atoms with Crippen LogP contribution >= 0.6 is 11.3 Å². The van der Waals surface area contributed by atoms with Crippen molar-refractivity contribution in [3.63, 3.8) is 0 Å². The van der Waals surface area contributed by atoms with Crippen molar-refractivity contribution >= 4 is 21.4 Å². The van der Waals surface area contributed by atoms with Crippen LogP contribution in [0, 0.1) is 12.8 Å². The van der Waals surface area contributed by atoms with Crippen molar-refractivity contribution < 1.29 is 8.42 Å². The van der Waals surface area contributed by atoms with Gasteiger partial charge in [0.05, 0.1) is 12.3 Å². The fourth-order valence-corrected chi connectivity index (χ4v) is 4.27. The summed E-state index contributed by atoms with van der Waals surface area (Å²) in [5, 5.41) is 6.63. The van der Waals surface area contributed by atoms with Crippen LogP contribution in [0.1, 0.15) is 36.5 Å². The van der Waals surface area contributed by atoms with Gasteiger partial charge >= 0.3 is 0 Å². The highest BCUT2D eigenvalue weighted by molar-refractivity contribution is 7.88. The third-order valence-electron chi connectivity index (χ3n) is 3.67. The predicted molar refractivity (Wildman–Crippen MR) is 82.4 cm³/mol. The number of thiazole rings is 1. The maximum atomic E-state index is 11.6. The summed E-state index contributed by atoms with van der Waals surface area (Å²) in [5.74, 6) is 0.391. The first-order valence-electron chi connectivity index (χ1n) is 6.97. The van der Waals surface area contributed by atoms with Gasteiger partial charge in [-0.3, -0.25) is 0 Å². The molecule has 114 valence electrons. The largest absolute Gasteiger partial charge is 0.308 e. The average Bonchev–Trinajstić information content (AvgIpc) is 2.82. The van der Waals surface area contributed by atoms with Crippen LogP contribution in [0.25, 0.3) is 0 Å². The molecule has 0 aliphatic carbocycles. The zero-order chi connectivity index (χ0) is 14.8. The van der Waals surface area contributed by atoms with Crippen molar-refractivity contribution in [2.75, 3.05) is 25.9 Å². The van der Waals surface area contributed by atoms with Crippen molar-refractivity contribution in [2.45, 2.75) is 32.7 Å². The van der Waals surface area contributed by atoms with Gasteiger partial charge in [-0.2, -0.15) is 0 Å². The van der Waals surface area contributed by atoms with Crippen LogP contribution in [0.3, 0.4) is 0 Å². The summed E-state index contributed by atoms with van der Waals surface area (Å²) >= 11 is 1.67. The van der Waals surface area contributed by atoms with E-state index in [4.69, 9.17) is 0 Å². The first-order chi connectivity index (χ1) is 9.36. The van der Waals surface area contributed by atoms with Gasteiger partial charge in [0, 0.05) is 24.2 Å². The SMILES string of the molecule is Cc1csc(C(C)NCC2CCCN(S(C)(=O)=O)C2)n1. The van der Waals surface area contributed by atoms with Crippen LogP contribution in [0.5, 0.6) is 0 Å². The number of aromatic nitrogens is 1. The highest BCUT2D eigenvalue weighted by Crippen LogP contribution is 2.21. The molecule has 0 bridgehead atoms. The van der Waals surface area contributed by atoms with Crippen LogP contribution in [0.2, 0.25) is 0 Å². The van der Waals surface area contributed by atoms with Gasteiger partial charge in [-0.25, -0.2) is 17.7 Å². The minimum atomic E-state index is -3.05. The summed E-state index contributed by atoms with van der Waals surface area (Å²) in [7, 11) is -3.05. The second kappa shape index (κ2) is 6.51. The molecule has 1 aromatic heterocycles. The maximum absolute atomic E-state index is 11.6. The molecule has 2 heterocycles. The summed E-state index contributed by atoms with van der Waals surface area (Å²) < 4.78 is 24.8. The quantitative estimate of drug-likeness (QED) is 0.899. The van der Waals surface area contributed by atoms with Gasteiger partial charge in [-0.05, 0) is 39.2 Å². The third kappa shape index (κ3) is 4.25. The van der Waals surface area contributed by atoms with E-state index in [1.165, 1.54) is 6.26 Å². The summed E-state index contributed by atoms with van der Waals surface area (Å²) in [6.45, 7) is 6.24. The van der Waals surface area contributed by atoms with E-state index in [1.807, 2.05) is 6.92 Å². The molecule has 0 aromatic carbocycles. The number of rotatable bonds is 5. The average molecular weight is 317 g/mol. The van der Waals surface area contributed by atoms with Crippen molar-refractivity contribution in [3.8, 4) is 0 Å². The highest BCUT2D eigenvalue weighted by atomic mass is 32.2. The lowest BCUT2D eigenvalue weighted by molar-refractivity contribution is 0.257. The number of nitrogens with zero attached hydrogens (tertiary/aromatic N) is 2. The molecule has 2 atom stereocenters. The molecule has 1 aliphatic rings. The number of nitrogens with one attached hydrogen (secondary N) is 1. The van der Waals surface area contributed by atoms with Crippen LogP contribution in [-0.4, -0.2) is 43.6 Å². The van der Waals surface area contributed by atoms with E-state index in [-0.39, 0.29) is 6.04 Å². The second-order valence-electron chi connectivity index (χ2n) is 5.59. The Bertz CT molecular complexity index is 542. The minimum Gasteiger partial charge on any atom is -0.308 e. The summed E-state index contributed by atoms with van der Waals surface area (Å²) in [4.78, 5) is 4.48. The van der Waals surface area contributed by atoms with Crippen molar-refractivity contribution in [1.82, 2.24) is 14.6 Å². The Morgan fingerprint density at radius 3 is 2.95 bits per heavy atom. The first kappa shape index (κ1) is 15.9. The van der Waals surface area contributed by atoms with E-state index in [2.05, 4.69) is 22.6 Å². The molecule has 1 aliphatic heterocycles. The number of aryl methyl sites for hydroxylation is 1. The highest BCUT2D eigenvalue weighted by Gasteiger charge is 2.26. The van der Waals surface area contributed by atoms with Gasteiger partial charge in [0.25, 0.3) is 0 Å². The number of hydrogen-bond acceptors (Lipinski definition) is 5. The van der Waals surface area contributed by atoms with Crippen molar-refractivity contribution in [3.05, 3.63) is 16.1 Å². The molecule has 1 aromatic rings. The molecule has 0 amide bonds. The van der Waals surface area contributed by atoms with E-state index in [9.17, 15) is 8.42 Å². The molecule has 0 spiro atoms. The van der Waals surface area contributed by atoms with Crippen LogP contribution in [-0.2, 0) is 10.0 Å². The van der Waals surface area contributed by atoms with Gasteiger partial charge in [0.2, 0.25) is 10.0 Å². The Morgan fingerprint density at radius 1 is 1.60 bits per heavy atom. The Labute approximate surface area is 125 Å². The van der Waals surface area contributed by atoms with E-state index in [0.717, 1.165) is 30.1 Å². The van der Waals surface area contributed by atoms with Crippen molar-refractivity contribution in [2.24, 2.45) is 5.92 Å². The zero-order valence-electron chi connectivity index (χ0n) is 12.3. The summed E-state index contributed by atoms with van der Waals surface area (Å²) in [6.07, 6.45) is 3.33. The maximum Gasteiger partial charge on any atom is 0.211 e. The molecular formula is C13H23N3O2S2. The number of hydrogen-bond donors (Lipinski definition) is 1. The van der Waals surface area contributed by atoms with Crippen molar-refractivity contribution in [1.29, 1.82) is 0 Å². The third-order valence-corrected chi connectivity index (χ3v) is 6.09. The lowest BCUT2D eigenvalue weighted by atomic mass is 9.99. The first-order valence-corrected chi connectivity index (χ1v) is 9.69. The van der Waals surface area contributed by atoms with E-state index >= 15 is 0 Å². The molecule has 0 radical (unpaired) electrons. The van der Waals surface area contributed by atoms with E-state index < -0.39 is 10.0 Å². The van der Waals surface area contributed by atoms with Gasteiger partial charge in [0.1, 0.15) is 5.01 Å². The second-order valence-corrected chi connectivity index (χ2v) is 8.46. The molecule has 1 N–H and O–H groups in total. The van der Waals surface area contributed by atoms with Crippen LogP contribution in [0.4, 0.5) is 0 Å². The molecular weight excluding hydrogens is 294 g/mol. The Balaban J connectivity index is 1.84. The number of sulfonamides is 1. The van der Waals surface area contributed by atoms with E-state index in [0.29, 0.717) is 19.0 Å². The van der Waals surface area contributed by atoms with E-state index in [1.54, 1.807) is 15.6 Å². The standard InChI is InChI=1S/C13H23N3O2S2/c1-10-9-19-13(15-10)11(2)14-7-12-5-4-6-16(8-12)20(3,17)18/h9,11-12,14H,4-8H2,1-3H3. The van der Waals surface area contributed by atoms with Crippen LogP contribution in [0.15, 0.2) is 5.38 Å². The fraction of sp³-hybridized carbons (Fsp3) is 0.769. The monoisotopic (exact) mass is 317 g/mol. The zero-order valence-corrected chi connectivity index (χ0v) is 13.9. The Morgan fingerprint density at radius 2 is 2.35 bits per heavy atom. The van der Waals surface area contributed by atoms with Gasteiger partial charge in [-0.1, -0.05) is 0 Å². The Kier molecular flexibility index (Phi) is 5.17. The lowest BCUT2D eigenvalue weighted by Gasteiger charge is -2.31. The normalized spacial score (nSPS) is 22.9. The van der Waals surface area contributed by atoms with Gasteiger partial charge < -0.3 is 5.32 Å². The van der Waals surface area contributed by atoms with Crippen LogP contribution < -0.4 is 5.32 Å². The lowest BCUT2D eigenvalue weighted by Crippen LogP contribution is -2.42. The molecule has 1 saturated heterocycles. The molecule has 5 nitrogen and oxygen atoms in total. The summed E-state index contributed by atoms with van der Waals surface area (Å²) in [5.41, 5.74) is 1.06. The molecule has 1 fully saturated rings. The predicted octanol–water partition coefficient (Wildman–Crippen LogP) is 1.77. The summed E-state index contributed by atoms with van der Waals surface area (Å²) in [6, 6.07) is 0.224. The molecule has 7 heteroatoms.